The van der Waals surface area contributed by atoms with E-state index in [0.717, 1.165) is 31.2 Å². The Balaban J connectivity index is 1.94. The summed E-state index contributed by atoms with van der Waals surface area (Å²) < 4.78 is 5.31. The Morgan fingerprint density at radius 2 is 1.89 bits per heavy atom. The first-order valence-corrected chi connectivity index (χ1v) is 6.93. The molecule has 0 atom stereocenters. The SMILES string of the molecule is NC1(c2nc(-c3ccc(Cl)c(Cl)c3)no2)CCCC1. The lowest BCUT2D eigenvalue weighted by atomic mass is 9.99. The largest absolute Gasteiger partial charge is 0.337 e. The summed E-state index contributed by atoms with van der Waals surface area (Å²) in [6.45, 7) is 0. The molecule has 19 heavy (non-hydrogen) atoms. The number of hydrogen-bond acceptors (Lipinski definition) is 4. The van der Waals surface area contributed by atoms with Crippen LogP contribution in [0.25, 0.3) is 11.4 Å². The van der Waals surface area contributed by atoms with Gasteiger partial charge in [-0.2, -0.15) is 4.98 Å². The van der Waals surface area contributed by atoms with Gasteiger partial charge in [0.25, 0.3) is 0 Å². The Morgan fingerprint density at radius 1 is 1.16 bits per heavy atom. The number of nitrogens with two attached hydrogens (primary N) is 1. The Morgan fingerprint density at radius 3 is 2.58 bits per heavy atom. The first-order chi connectivity index (χ1) is 9.08. The van der Waals surface area contributed by atoms with E-state index in [4.69, 9.17) is 33.5 Å². The molecule has 2 N–H and O–H groups in total. The summed E-state index contributed by atoms with van der Waals surface area (Å²) >= 11 is 11.9. The molecule has 1 fully saturated rings. The molecular formula is C13H13Cl2N3O. The van der Waals surface area contributed by atoms with Crippen LogP contribution in [0, 0.1) is 0 Å². The standard InChI is InChI=1S/C13H13Cl2N3O/c14-9-4-3-8(7-10(9)15)11-17-12(19-18-11)13(16)5-1-2-6-13/h3-4,7H,1-2,5-6,16H2. The predicted molar refractivity (Wildman–Crippen MR) is 74.1 cm³/mol. The van der Waals surface area contributed by atoms with Gasteiger partial charge in [-0.05, 0) is 31.0 Å². The molecule has 100 valence electrons. The normalized spacial score (nSPS) is 17.8. The monoisotopic (exact) mass is 297 g/mol. The van der Waals surface area contributed by atoms with E-state index < -0.39 is 5.54 Å². The van der Waals surface area contributed by atoms with E-state index in [1.807, 2.05) is 0 Å². The van der Waals surface area contributed by atoms with E-state index in [2.05, 4.69) is 10.1 Å². The number of hydrogen-bond donors (Lipinski definition) is 1. The highest BCUT2D eigenvalue weighted by atomic mass is 35.5. The lowest BCUT2D eigenvalue weighted by molar-refractivity contribution is 0.285. The van der Waals surface area contributed by atoms with Crippen molar-refractivity contribution in [3.05, 3.63) is 34.1 Å². The van der Waals surface area contributed by atoms with Crippen LogP contribution in [0.4, 0.5) is 0 Å². The molecular weight excluding hydrogens is 285 g/mol. The summed E-state index contributed by atoms with van der Waals surface area (Å²) in [6, 6.07) is 5.24. The molecule has 0 aliphatic heterocycles. The second-order valence-electron chi connectivity index (χ2n) is 4.92. The Hall–Kier alpha value is -1.10. The molecule has 0 spiro atoms. The molecule has 0 radical (unpaired) electrons. The summed E-state index contributed by atoms with van der Waals surface area (Å²) in [5.74, 6) is 0.997. The van der Waals surface area contributed by atoms with Gasteiger partial charge in [-0.3, -0.25) is 0 Å². The van der Waals surface area contributed by atoms with E-state index in [-0.39, 0.29) is 0 Å². The summed E-state index contributed by atoms with van der Waals surface area (Å²) in [4.78, 5) is 4.40. The van der Waals surface area contributed by atoms with Crippen LogP contribution in [0.15, 0.2) is 22.7 Å². The van der Waals surface area contributed by atoms with E-state index in [1.165, 1.54) is 0 Å². The van der Waals surface area contributed by atoms with Gasteiger partial charge in [-0.15, -0.1) is 0 Å². The van der Waals surface area contributed by atoms with Gasteiger partial charge in [-0.25, -0.2) is 0 Å². The van der Waals surface area contributed by atoms with Crippen LogP contribution in [0.2, 0.25) is 10.0 Å². The molecule has 2 aromatic rings. The number of aromatic nitrogens is 2. The van der Waals surface area contributed by atoms with Crippen molar-refractivity contribution in [3.8, 4) is 11.4 Å². The highest BCUT2D eigenvalue weighted by molar-refractivity contribution is 6.42. The van der Waals surface area contributed by atoms with Gasteiger partial charge in [0.05, 0.1) is 15.6 Å². The summed E-state index contributed by atoms with van der Waals surface area (Å²) in [7, 11) is 0. The Bertz CT molecular complexity index is 606. The van der Waals surface area contributed by atoms with E-state index in [0.29, 0.717) is 21.8 Å². The van der Waals surface area contributed by atoms with Gasteiger partial charge in [0.1, 0.15) is 0 Å². The van der Waals surface area contributed by atoms with Gasteiger partial charge in [0.2, 0.25) is 11.7 Å². The minimum absolute atomic E-state index is 0.467. The molecule has 3 rings (SSSR count). The quantitative estimate of drug-likeness (QED) is 0.916. The predicted octanol–water partition coefficient (Wildman–Crippen LogP) is 3.77. The minimum Gasteiger partial charge on any atom is -0.337 e. The van der Waals surface area contributed by atoms with Crippen molar-refractivity contribution in [2.24, 2.45) is 5.73 Å². The maximum atomic E-state index is 6.28. The lowest BCUT2D eigenvalue weighted by Gasteiger charge is -2.17. The number of nitrogens with zero attached hydrogens (tertiary/aromatic N) is 2. The molecule has 6 heteroatoms. The first kappa shape index (κ1) is 12.9. The van der Waals surface area contributed by atoms with E-state index in [9.17, 15) is 0 Å². The van der Waals surface area contributed by atoms with Crippen molar-refractivity contribution < 1.29 is 4.52 Å². The second-order valence-corrected chi connectivity index (χ2v) is 5.73. The average molecular weight is 298 g/mol. The highest BCUT2D eigenvalue weighted by Gasteiger charge is 2.36. The molecule has 1 aliphatic rings. The zero-order valence-corrected chi connectivity index (χ0v) is 11.7. The zero-order valence-electron chi connectivity index (χ0n) is 10.2. The van der Waals surface area contributed by atoms with Crippen molar-refractivity contribution in [1.82, 2.24) is 10.1 Å². The van der Waals surface area contributed by atoms with Crippen LogP contribution in [-0.2, 0) is 5.54 Å². The van der Waals surface area contributed by atoms with Crippen LogP contribution in [0.5, 0.6) is 0 Å². The van der Waals surface area contributed by atoms with Gasteiger partial charge >= 0.3 is 0 Å². The third-order valence-corrected chi connectivity index (χ3v) is 4.26. The molecule has 1 saturated carbocycles. The highest BCUT2D eigenvalue weighted by Crippen LogP contribution is 2.36. The minimum atomic E-state index is -0.471. The van der Waals surface area contributed by atoms with Crippen molar-refractivity contribution in [2.45, 2.75) is 31.2 Å². The third-order valence-electron chi connectivity index (χ3n) is 3.53. The fourth-order valence-corrected chi connectivity index (χ4v) is 2.70. The molecule has 1 heterocycles. The molecule has 1 aliphatic carbocycles. The Kier molecular flexibility index (Phi) is 3.25. The summed E-state index contributed by atoms with van der Waals surface area (Å²) in [6.07, 6.45) is 3.97. The lowest BCUT2D eigenvalue weighted by Crippen LogP contribution is -2.33. The second kappa shape index (κ2) is 4.78. The van der Waals surface area contributed by atoms with Crippen LogP contribution >= 0.6 is 23.2 Å². The maximum Gasteiger partial charge on any atom is 0.247 e. The van der Waals surface area contributed by atoms with Gasteiger partial charge < -0.3 is 10.3 Å². The number of benzene rings is 1. The fourth-order valence-electron chi connectivity index (χ4n) is 2.40. The van der Waals surface area contributed by atoms with Gasteiger partial charge in [0, 0.05) is 5.56 Å². The van der Waals surface area contributed by atoms with Crippen molar-refractivity contribution in [2.75, 3.05) is 0 Å². The summed E-state index contributed by atoms with van der Waals surface area (Å²) in [5.41, 5.74) is 6.58. The topological polar surface area (TPSA) is 64.9 Å². The van der Waals surface area contributed by atoms with Gasteiger partial charge in [-0.1, -0.05) is 41.2 Å². The van der Waals surface area contributed by atoms with Crippen molar-refractivity contribution in [1.29, 1.82) is 0 Å². The summed E-state index contributed by atoms with van der Waals surface area (Å²) in [5, 5.41) is 4.95. The molecule has 1 aromatic carbocycles. The number of halogens is 2. The smallest absolute Gasteiger partial charge is 0.247 e. The van der Waals surface area contributed by atoms with Crippen LogP contribution < -0.4 is 5.73 Å². The van der Waals surface area contributed by atoms with E-state index >= 15 is 0 Å². The van der Waals surface area contributed by atoms with Gasteiger partial charge in [0.15, 0.2) is 0 Å². The van der Waals surface area contributed by atoms with Crippen LogP contribution in [-0.4, -0.2) is 10.1 Å². The molecule has 1 aromatic heterocycles. The molecule has 0 unspecified atom stereocenters. The van der Waals surface area contributed by atoms with Crippen LogP contribution in [0.3, 0.4) is 0 Å². The van der Waals surface area contributed by atoms with Crippen molar-refractivity contribution >= 4 is 23.2 Å². The Labute approximate surface area is 120 Å². The maximum absolute atomic E-state index is 6.28. The molecule has 0 saturated heterocycles. The van der Waals surface area contributed by atoms with Crippen molar-refractivity contribution in [3.63, 3.8) is 0 Å². The number of rotatable bonds is 2. The van der Waals surface area contributed by atoms with Crippen LogP contribution in [0.1, 0.15) is 31.6 Å². The third kappa shape index (κ3) is 2.36. The molecule has 0 bridgehead atoms. The first-order valence-electron chi connectivity index (χ1n) is 6.17. The molecule has 0 amide bonds. The zero-order chi connectivity index (χ0) is 13.5. The van der Waals surface area contributed by atoms with E-state index in [1.54, 1.807) is 18.2 Å². The fraction of sp³-hybridized carbons (Fsp3) is 0.385. The average Bonchev–Trinajstić information content (AvgIpc) is 3.02. The molecule has 4 nitrogen and oxygen atoms in total.